The van der Waals surface area contributed by atoms with Gasteiger partial charge >= 0.3 is 0 Å². The summed E-state index contributed by atoms with van der Waals surface area (Å²) in [5, 5.41) is -0.201. The Labute approximate surface area is 263 Å². The van der Waals surface area contributed by atoms with Crippen LogP contribution < -0.4 is 4.74 Å². The van der Waals surface area contributed by atoms with E-state index in [-0.39, 0.29) is 43.5 Å². The molecular formula is C31H30Cl2F2N2O4S2. The molecule has 0 radical (unpaired) electrons. The summed E-state index contributed by atoms with van der Waals surface area (Å²) in [4.78, 5) is 16.2. The van der Waals surface area contributed by atoms with E-state index in [0.717, 1.165) is 53.7 Å². The number of fused-ring (bicyclic) bond motifs is 1. The van der Waals surface area contributed by atoms with Gasteiger partial charge in [-0.25, -0.2) is 21.6 Å². The first kappa shape index (κ1) is 31.7. The highest BCUT2D eigenvalue weighted by Gasteiger charge is 2.34. The zero-order chi connectivity index (χ0) is 31.1. The number of halogens is 4. The number of thiophene rings is 1. The fraction of sp³-hybridized carbons (Fsp3) is 0.323. The number of ether oxygens (including phenoxy) is 1. The van der Waals surface area contributed by atoms with E-state index in [2.05, 4.69) is 0 Å². The Morgan fingerprint density at radius 3 is 2.16 bits per heavy atom. The highest BCUT2D eigenvalue weighted by atomic mass is 35.5. The van der Waals surface area contributed by atoms with Gasteiger partial charge in [-0.15, -0.1) is 11.3 Å². The van der Waals surface area contributed by atoms with Crippen LogP contribution in [0.25, 0.3) is 21.2 Å². The summed E-state index contributed by atoms with van der Waals surface area (Å²) in [5.74, 6) is -1.19. The number of hydrogen-bond donors (Lipinski definition) is 0. The van der Waals surface area contributed by atoms with Crippen molar-refractivity contribution in [3.63, 3.8) is 0 Å². The second-order valence-corrected chi connectivity index (χ2v) is 14.7. The molecule has 4 aromatic rings. The molecule has 228 valence electrons. The topological polar surface area (TPSA) is 66.9 Å². The van der Waals surface area contributed by atoms with Gasteiger partial charge in [0, 0.05) is 37.5 Å². The third-order valence-electron chi connectivity index (χ3n) is 7.98. The molecule has 1 aliphatic carbocycles. The van der Waals surface area contributed by atoms with Gasteiger partial charge in [-0.05, 0) is 85.0 Å². The number of carbonyl (C=O) groups excluding carboxylic acids is 1. The lowest BCUT2D eigenvalue weighted by molar-refractivity contribution is 0.0589. The summed E-state index contributed by atoms with van der Waals surface area (Å²) in [5.41, 5.74) is 2.31. The van der Waals surface area contributed by atoms with Crippen LogP contribution in [0.2, 0.25) is 5.02 Å². The third kappa shape index (κ3) is 6.54. The molecule has 1 saturated carbocycles. The van der Waals surface area contributed by atoms with E-state index in [4.69, 9.17) is 28.1 Å². The minimum Gasteiger partial charge on any atom is -0.496 e. The van der Waals surface area contributed by atoms with Crippen molar-refractivity contribution < 1.29 is 26.7 Å². The number of sulfone groups is 1. The van der Waals surface area contributed by atoms with Crippen LogP contribution in [0.4, 0.5) is 8.78 Å². The summed E-state index contributed by atoms with van der Waals surface area (Å²) < 4.78 is 60.5. The van der Waals surface area contributed by atoms with Crippen molar-refractivity contribution in [2.24, 2.45) is 0 Å². The van der Waals surface area contributed by atoms with Crippen LogP contribution in [0.1, 0.15) is 40.9 Å². The van der Waals surface area contributed by atoms with Crippen LogP contribution in [-0.4, -0.2) is 56.1 Å². The van der Waals surface area contributed by atoms with Crippen molar-refractivity contribution in [3.8, 4) is 16.9 Å². The molecule has 43 heavy (non-hydrogen) atoms. The normalized spacial score (nSPS) is 17.4. The molecule has 6 nitrogen and oxygen atoms in total. The van der Waals surface area contributed by atoms with Crippen molar-refractivity contribution in [1.82, 2.24) is 9.32 Å². The Morgan fingerprint density at radius 2 is 1.58 bits per heavy atom. The molecule has 0 spiro atoms. The summed E-state index contributed by atoms with van der Waals surface area (Å²) in [6.07, 6.45) is 4.04. The monoisotopic (exact) mass is 666 g/mol. The maximum atomic E-state index is 14.7. The van der Waals surface area contributed by atoms with Crippen molar-refractivity contribution in [1.29, 1.82) is 0 Å². The fourth-order valence-electron chi connectivity index (χ4n) is 5.62. The molecule has 1 heterocycles. The van der Waals surface area contributed by atoms with Crippen LogP contribution in [0.15, 0.2) is 59.5 Å². The predicted octanol–water partition coefficient (Wildman–Crippen LogP) is 7.95. The lowest BCUT2D eigenvalue weighted by atomic mass is 9.89. The molecule has 0 atom stereocenters. The summed E-state index contributed by atoms with van der Waals surface area (Å²) in [6.45, 7) is 0.152. The summed E-state index contributed by atoms with van der Waals surface area (Å²) in [7, 11) is 0.0117. The highest BCUT2D eigenvalue weighted by molar-refractivity contribution is 7.90. The molecule has 0 saturated heterocycles. The molecule has 1 aromatic heterocycles. The molecule has 0 N–H and O–H groups in total. The Morgan fingerprint density at radius 1 is 0.977 bits per heavy atom. The smallest absolute Gasteiger partial charge is 0.266 e. The van der Waals surface area contributed by atoms with Gasteiger partial charge in [0.25, 0.3) is 5.91 Å². The van der Waals surface area contributed by atoms with Gasteiger partial charge in [0.05, 0.1) is 27.1 Å². The van der Waals surface area contributed by atoms with E-state index >= 15 is 0 Å². The van der Waals surface area contributed by atoms with Gasteiger partial charge in [-0.2, -0.15) is 0 Å². The van der Waals surface area contributed by atoms with Crippen LogP contribution in [0, 0.1) is 11.6 Å². The number of benzene rings is 3. The predicted molar refractivity (Wildman–Crippen MR) is 168 cm³/mol. The van der Waals surface area contributed by atoms with Crippen LogP contribution in [0.3, 0.4) is 0 Å². The van der Waals surface area contributed by atoms with E-state index in [1.54, 1.807) is 46.8 Å². The lowest BCUT2D eigenvalue weighted by Crippen LogP contribution is -2.44. The first-order valence-corrected chi connectivity index (χ1v) is 17.0. The van der Waals surface area contributed by atoms with Crippen molar-refractivity contribution in [3.05, 3.63) is 81.7 Å². The Balaban J connectivity index is 1.55. The minimum absolute atomic E-state index is 0.00195. The van der Waals surface area contributed by atoms with E-state index in [1.165, 1.54) is 0 Å². The van der Waals surface area contributed by atoms with Crippen LogP contribution in [-0.2, 0) is 16.4 Å². The lowest BCUT2D eigenvalue weighted by Gasteiger charge is -2.38. The molecule has 1 fully saturated rings. The average Bonchev–Trinajstić information content (AvgIpc) is 3.35. The third-order valence-corrected chi connectivity index (χ3v) is 11.1. The van der Waals surface area contributed by atoms with Gasteiger partial charge in [-0.1, -0.05) is 29.8 Å². The first-order valence-electron chi connectivity index (χ1n) is 13.6. The Kier molecular flexibility index (Phi) is 9.34. The van der Waals surface area contributed by atoms with E-state index in [1.807, 2.05) is 19.2 Å². The largest absolute Gasteiger partial charge is 0.496 e. The maximum Gasteiger partial charge on any atom is 0.266 e. The first-order chi connectivity index (χ1) is 20.4. The number of nitrogens with zero attached hydrogens (tertiary/aromatic N) is 2. The molecule has 3 aromatic carbocycles. The van der Waals surface area contributed by atoms with Crippen LogP contribution >= 0.6 is 34.7 Å². The SMILES string of the molecule is COc1ccc(-c2ccc(S(C)(=O)=O)cc2)cc1CN(C(=O)c1sc2c(F)ccc(F)c2c1Cl)[C@H]1CC[C@H](N(C)Cl)CC1. The molecule has 0 aliphatic heterocycles. The Bertz CT molecular complexity index is 1770. The molecular weight excluding hydrogens is 637 g/mol. The average molecular weight is 668 g/mol. The van der Waals surface area contributed by atoms with Gasteiger partial charge in [0.15, 0.2) is 9.84 Å². The molecule has 0 unspecified atom stereocenters. The van der Waals surface area contributed by atoms with Gasteiger partial charge in [-0.3, -0.25) is 4.79 Å². The number of carbonyl (C=O) groups is 1. The van der Waals surface area contributed by atoms with Crippen molar-refractivity contribution >= 4 is 60.5 Å². The summed E-state index contributed by atoms with van der Waals surface area (Å²) in [6, 6.07) is 14.1. The van der Waals surface area contributed by atoms with E-state index < -0.39 is 27.4 Å². The van der Waals surface area contributed by atoms with E-state index in [9.17, 15) is 22.0 Å². The molecule has 1 amide bonds. The molecule has 0 bridgehead atoms. The van der Waals surface area contributed by atoms with E-state index in [0.29, 0.717) is 24.2 Å². The fourth-order valence-corrected chi connectivity index (χ4v) is 7.95. The number of methoxy groups -OCH3 is 1. The second kappa shape index (κ2) is 12.7. The second-order valence-electron chi connectivity index (χ2n) is 10.7. The zero-order valence-corrected chi connectivity index (χ0v) is 26.9. The summed E-state index contributed by atoms with van der Waals surface area (Å²) >= 11 is 13.6. The maximum absolute atomic E-state index is 14.7. The minimum atomic E-state index is -3.35. The standard InChI is InChI=1S/C31H30Cl2F2N2O4S2/c1-36(33)21-7-9-22(10-8-21)37(31(38)30-28(32)27-24(34)13-14-25(35)29(27)42-30)17-20-16-19(6-15-26(20)41-2)18-4-11-23(12-5-18)43(3,39)40/h4-6,11-16,21-22H,7-10,17H2,1-3H3/t21-,22-. The molecule has 1 aliphatic rings. The quantitative estimate of drug-likeness (QED) is 0.179. The highest BCUT2D eigenvalue weighted by Crippen LogP contribution is 2.41. The molecule has 12 heteroatoms. The van der Waals surface area contributed by atoms with Gasteiger partial charge < -0.3 is 9.64 Å². The zero-order valence-electron chi connectivity index (χ0n) is 23.7. The van der Waals surface area contributed by atoms with Crippen LogP contribution in [0.5, 0.6) is 5.75 Å². The van der Waals surface area contributed by atoms with Gasteiger partial charge in [0.1, 0.15) is 22.3 Å². The van der Waals surface area contributed by atoms with Crippen molar-refractivity contribution in [2.75, 3.05) is 20.4 Å². The molecule has 5 rings (SSSR count). The number of hydrogen-bond acceptors (Lipinski definition) is 6. The Hall–Kier alpha value is -2.76. The van der Waals surface area contributed by atoms with Gasteiger partial charge in [0.2, 0.25) is 0 Å². The number of amides is 1. The number of rotatable bonds is 8. The van der Waals surface area contributed by atoms with Crippen molar-refractivity contribution in [2.45, 2.75) is 49.2 Å².